The Balaban J connectivity index is 0.00000320. The number of thiazole rings is 1. The van der Waals surface area contributed by atoms with E-state index in [1.165, 1.54) is 11.3 Å². The molecule has 0 saturated carbocycles. The van der Waals surface area contributed by atoms with Crippen LogP contribution in [0.5, 0.6) is 5.75 Å². The van der Waals surface area contributed by atoms with Gasteiger partial charge in [-0.05, 0) is 70.2 Å². The Morgan fingerprint density at radius 1 is 1.17 bits per heavy atom. The van der Waals surface area contributed by atoms with E-state index in [1.54, 1.807) is 4.90 Å². The summed E-state index contributed by atoms with van der Waals surface area (Å²) in [6.45, 7) is 5.42. The zero-order valence-corrected chi connectivity index (χ0v) is 20.0. The number of nitrogens with zero attached hydrogens (tertiary/aromatic N) is 3. The highest BCUT2D eigenvalue weighted by Crippen LogP contribution is 2.35. The molecule has 5 nitrogen and oxygen atoms in total. The SMILES string of the molecule is Cc1cccc(OCC(=O)N(CCCN(C)C)c2nc3c(C)ccc(Cl)c3s2)c1.Cl. The molecule has 1 aromatic heterocycles. The van der Waals surface area contributed by atoms with E-state index in [0.717, 1.165) is 34.3 Å². The average Bonchev–Trinajstić information content (AvgIpc) is 3.12. The minimum atomic E-state index is -0.113. The minimum absolute atomic E-state index is 0. The van der Waals surface area contributed by atoms with Crippen molar-refractivity contribution in [3.8, 4) is 5.75 Å². The number of ether oxygens (including phenoxy) is 1. The number of benzene rings is 2. The number of aryl methyl sites for hydroxylation is 2. The van der Waals surface area contributed by atoms with Gasteiger partial charge in [-0.25, -0.2) is 4.98 Å². The first kappa shape index (κ1) is 24.4. The van der Waals surface area contributed by atoms with E-state index in [4.69, 9.17) is 21.3 Å². The van der Waals surface area contributed by atoms with E-state index in [-0.39, 0.29) is 24.9 Å². The van der Waals surface area contributed by atoms with Gasteiger partial charge in [0.2, 0.25) is 0 Å². The molecule has 0 atom stereocenters. The minimum Gasteiger partial charge on any atom is -0.484 e. The van der Waals surface area contributed by atoms with Crippen LogP contribution in [-0.2, 0) is 4.79 Å². The summed E-state index contributed by atoms with van der Waals surface area (Å²) in [5.74, 6) is 0.577. The summed E-state index contributed by atoms with van der Waals surface area (Å²) >= 11 is 7.81. The van der Waals surface area contributed by atoms with Crippen LogP contribution in [0.1, 0.15) is 17.5 Å². The summed E-state index contributed by atoms with van der Waals surface area (Å²) in [6, 6.07) is 11.5. The van der Waals surface area contributed by atoms with Gasteiger partial charge in [-0.3, -0.25) is 9.69 Å². The van der Waals surface area contributed by atoms with Gasteiger partial charge in [0.15, 0.2) is 11.7 Å². The smallest absolute Gasteiger partial charge is 0.266 e. The molecule has 162 valence electrons. The highest BCUT2D eigenvalue weighted by Gasteiger charge is 2.21. The standard InChI is InChI=1S/C22H26ClN3O2S.ClH/c1-15-7-5-8-17(13-15)28-14-19(27)26(12-6-11-25(3)4)22-24-20-16(2)9-10-18(23)21(20)29-22;/h5,7-10,13H,6,11-12,14H2,1-4H3;1H. The number of carbonyl (C=O) groups is 1. The van der Waals surface area contributed by atoms with Crippen molar-refractivity contribution in [2.45, 2.75) is 20.3 Å². The summed E-state index contributed by atoms with van der Waals surface area (Å²) < 4.78 is 6.66. The van der Waals surface area contributed by atoms with Gasteiger partial charge in [0.05, 0.1) is 15.2 Å². The van der Waals surface area contributed by atoms with Crippen molar-refractivity contribution in [1.29, 1.82) is 0 Å². The van der Waals surface area contributed by atoms with Crippen LogP contribution >= 0.6 is 35.3 Å². The maximum Gasteiger partial charge on any atom is 0.266 e. The molecule has 0 aliphatic rings. The van der Waals surface area contributed by atoms with Gasteiger partial charge in [0.1, 0.15) is 5.75 Å². The van der Waals surface area contributed by atoms with Gasteiger partial charge >= 0.3 is 0 Å². The van der Waals surface area contributed by atoms with Crippen LogP contribution in [0.4, 0.5) is 5.13 Å². The fourth-order valence-corrected chi connectivity index (χ4v) is 4.37. The van der Waals surface area contributed by atoms with Crippen molar-refractivity contribution in [3.05, 3.63) is 52.5 Å². The van der Waals surface area contributed by atoms with Gasteiger partial charge in [-0.1, -0.05) is 41.1 Å². The molecule has 0 radical (unpaired) electrons. The Kier molecular flexibility index (Phi) is 8.92. The monoisotopic (exact) mass is 467 g/mol. The molecule has 0 fully saturated rings. The molecule has 2 aromatic carbocycles. The lowest BCUT2D eigenvalue weighted by molar-refractivity contribution is -0.120. The number of amides is 1. The molecule has 1 heterocycles. The molecule has 0 unspecified atom stereocenters. The first-order chi connectivity index (χ1) is 13.8. The second-order valence-electron chi connectivity index (χ2n) is 7.35. The third-order valence-electron chi connectivity index (χ3n) is 4.56. The summed E-state index contributed by atoms with van der Waals surface area (Å²) in [7, 11) is 4.04. The largest absolute Gasteiger partial charge is 0.484 e. The van der Waals surface area contributed by atoms with E-state index in [0.29, 0.717) is 22.4 Å². The number of hydrogen-bond acceptors (Lipinski definition) is 5. The lowest BCUT2D eigenvalue weighted by Gasteiger charge is -2.21. The van der Waals surface area contributed by atoms with Crippen LogP contribution in [0.15, 0.2) is 36.4 Å². The molecule has 0 aliphatic carbocycles. The molecule has 3 aromatic rings. The van der Waals surface area contributed by atoms with Crippen molar-refractivity contribution in [2.24, 2.45) is 0 Å². The Bertz CT molecular complexity index is 968. The van der Waals surface area contributed by atoms with Crippen molar-refractivity contribution in [3.63, 3.8) is 0 Å². The fraction of sp³-hybridized carbons (Fsp3) is 0.364. The third-order valence-corrected chi connectivity index (χ3v) is 6.10. The molecule has 0 aliphatic heterocycles. The normalized spacial score (nSPS) is 10.9. The van der Waals surface area contributed by atoms with Crippen LogP contribution in [0.2, 0.25) is 5.02 Å². The predicted molar refractivity (Wildman–Crippen MR) is 129 cm³/mol. The molecule has 1 amide bonds. The fourth-order valence-electron chi connectivity index (χ4n) is 3.01. The Labute approximate surface area is 193 Å². The molecular weight excluding hydrogens is 441 g/mol. The molecule has 0 spiro atoms. The molecule has 0 saturated heterocycles. The molecule has 3 rings (SSSR count). The number of hydrogen-bond donors (Lipinski definition) is 0. The van der Waals surface area contributed by atoms with Crippen molar-refractivity contribution in [2.75, 3.05) is 38.7 Å². The van der Waals surface area contributed by atoms with Crippen molar-refractivity contribution >= 4 is 56.6 Å². The quantitative estimate of drug-likeness (QED) is 0.447. The zero-order chi connectivity index (χ0) is 21.0. The van der Waals surface area contributed by atoms with Crippen LogP contribution < -0.4 is 9.64 Å². The highest BCUT2D eigenvalue weighted by atomic mass is 35.5. The average molecular weight is 468 g/mol. The van der Waals surface area contributed by atoms with Crippen LogP contribution in [0.3, 0.4) is 0 Å². The number of carbonyl (C=O) groups excluding carboxylic acids is 1. The summed E-state index contributed by atoms with van der Waals surface area (Å²) in [5.41, 5.74) is 2.99. The Hall–Kier alpha value is -1.86. The van der Waals surface area contributed by atoms with Gasteiger partial charge in [0.25, 0.3) is 5.91 Å². The van der Waals surface area contributed by atoms with E-state index >= 15 is 0 Å². The van der Waals surface area contributed by atoms with Gasteiger partial charge < -0.3 is 9.64 Å². The molecule has 0 bridgehead atoms. The zero-order valence-electron chi connectivity index (χ0n) is 17.6. The molecule has 0 N–H and O–H groups in total. The maximum atomic E-state index is 13.0. The Morgan fingerprint density at radius 2 is 1.93 bits per heavy atom. The second-order valence-corrected chi connectivity index (χ2v) is 8.73. The highest BCUT2D eigenvalue weighted by molar-refractivity contribution is 7.23. The first-order valence-electron chi connectivity index (χ1n) is 9.55. The number of halogens is 2. The Morgan fingerprint density at radius 3 is 2.60 bits per heavy atom. The third kappa shape index (κ3) is 6.08. The summed E-state index contributed by atoms with van der Waals surface area (Å²) in [4.78, 5) is 21.6. The van der Waals surface area contributed by atoms with E-state index in [2.05, 4.69) is 4.90 Å². The molecule has 8 heteroatoms. The van der Waals surface area contributed by atoms with E-state index in [9.17, 15) is 4.79 Å². The number of rotatable bonds is 8. The lowest BCUT2D eigenvalue weighted by atomic mass is 10.2. The van der Waals surface area contributed by atoms with E-state index in [1.807, 2.05) is 64.3 Å². The summed E-state index contributed by atoms with van der Waals surface area (Å²) in [6.07, 6.45) is 0.839. The van der Waals surface area contributed by atoms with Gasteiger partial charge in [0, 0.05) is 6.54 Å². The summed E-state index contributed by atoms with van der Waals surface area (Å²) in [5, 5.41) is 1.32. The van der Waals surface area contributed by atoms with Crippen LogP contribution in [0, 0.1) is 13.8 Å². The number of aromatic nitrogens is 1. The van der Waals surface area contributed by atoms with Crippen LogP contribution in [0.25, 0.3) is 10.2 Å². The van der Waals surface area contributed by atoms with Crippen LogP contribution in [-0.4, -0.2) is 49.6 Å². The van der Waals surface area contributed by atoms with Crippen molar-refractivity contribution < 1.29 is 9.53 Å². The van der Waals surface area contributed by atoms with Crippen molar-refractivity contribution in [1.82, 2.24) is 9.88 Å². The molecular formula is C22H27Cl2N3O2S. The predicted octanol–water partition coefficient (Wildman–Crippen LogP) is 5.35. The lowest BCUT2D eigenvalue weighted by Crippen LogP contribution is -2.36. The number of anilines is 1. The maximum absolute atomic E-state index is 13.0. The van der Waals surface area contributed by atoms with E-state index < -0.39 is 0 Å². The molecule has 30 heavy (non-hydrogen) atoms. The van der Waals surface area contributed by atoms with Gasteiger partial charge in [-0.2, -0.15) is 0 Å². The van der Waals surface area contributed by atoms with Gasteiger partial charge in [-0.15, -0.1) is 12.4 Å². The number of fused-ring (bicyclic) bond motifs is 1. The topological polar surface area (TPSA) is 45.7 Å². The first-order valence-corrected chi connectivity index (χ1v) is 10.7. The second kappa shape index (κ2) is 11.0.